The fourth-order valence-corrected chi connectivity index (χ4v) is 6.79. The number of morpholine rings is 1. The Morgan fingerprint density at radius 2 is 2.03 bits per heavy atom. The molecule has 1 saturated heterocycles. The molecule has 2 N–H and O–H groups in total. The first-order valence-electron chi connectivity index (χ1n) is 11.7. The number of pyridine rings is 1. The molecule has 0 amide bonds. The number of hydrogen-bond acceptors (Lipinski definition) is 6. The normalized spacial score (nSPS) is 19.6. The first kappa shape index (κ1) is 21.5. The predicted molar refractivity (Wildman–Crippen MR) is 134 cm³/mol. The zero-order valence-electron chi connectivity index (χ0n) is 19.3. The number of ether oxygens (including phenoxy) is 1. The van der Waals surface area contributed by atoms with Crippen molar-refractivity contribution in [2.45, 2.75) is 36.7 Å². The standard InChI is InChI=1S/C24H29N7O2S/c1-16-15-33-12-11-30(16)23-13-19(20-14-26-31(24(20)27-23)22-9-10-25-28-22)18-5-3-4-6-21(18)34(2,32)29-17-7-8-17/h3-6,9-10,13-14,16-17,34H,7-8,11-12,15H2,1-2H3,(H,25,28)(H,29,32)/t16-/m1/s1. The van der Waals surface area contributed by atoms with Gasteiger partial charge in [-0.1, -0.05) is 18.2 Å². The topological polar surface area (TPSA) is 101 Å². The molecule has 2 aliphatic rings. The lowest BCUT2D eigenvalue weighted by molar-refractivity contribution is 0.0985. The Labute approximate surface area is 199 Å². The van der Waals surface area contributed by atoms with Gasteiger partial charge < -0.3 is 9.64 Å². The summed E-state index contributed by atoms with van der Waals surface area (Å²) in [4.78, 5) is 8.14. The van der Waals surface area contributed by atoms with Gasteiger partial charge in [0, 0.05) is 41.4 Å². The summed E-state index contributed by atoms with van der Waals surface area (Å²) in [6.45, 7) is 4.21. The number of hydrogen-bond donors (Lipinski definition) is 3. The van der Waals surface area contributed by atoms with Crippen molar-refractivity contribution < 1.29 is 8.95 Å². The van der Waals surface area contributed by atoms with Gasteiger partial charge in [0.05, 0.1) is 25.5 Å². The number of rotatable bonds is 6. The van der Waals surface area contributed by atoms with E-state index < -0.39 is 10.1 Å². The summed E-state index contributed by atoms with van der Waals surface area (Å²) in [6.07, 6.45) is 7.58. The van der Waals surface area contributed by atoms with Gasteiger partial charge in [-0.15, -0.1) is 0 Å². The van der Waals surface area contributed by atoms with Crippen LogP contribution >= 0.6 is 0 Å². The molecule has 0 unspecified atom stereocenters. The SMILES string of the molecule is C[C@@H]1COCCN1c1cc(-c2ccccc2[SH](C)(=O)NC2CC2)c2cnn(-c3cc[nH]n3)c2n1. The molecule has 1 saturated carbocycles. The number of thiol groups is 1. The van der Waals surface area contributed by atoms with E-state index in [1.807, 2.05) is 42.8 Å². The molecule has 10 heteroatoms. The minimum atomic E-state index is -2.77. The molecule has 178 valence electrons. The highest BCUT2D eigenvalue weighted by Crippen LogP contribution is 2.38. The zero-order chi connectivity index (χ0) is 23.3. The molecule has 0 radical (unpaired) electrons. The smallest absolute Gasteiger partial charge is 0.177 e. The van der Waals surface area contributed by atoms with Crippen LogP contribution in [0.1, 0.15) is 19.8 Å². The lowest BCUT2D eigenvalue weighted by Gasteiger charge is -2.34. The largest absolute Gasteiger partial charge is 0.377 e. The monoisotopic (exact) mass is 479 g/mol. The first-order chi connectivity index (χ1) is 16.5. The van der Waals surface area contributed by atoms with Crippen molar-refractivity contribution in [1.29, 1.82) is 0 Å². The lowest BCUT2D eigenvalue weighted by Crippen LogP contribution is -2.44. The van der Waals surface area contributed by atoms with E-state index in [2.05, 4.69) is 37.9 Å². The second-order valence-corrected chi connectivity index (χ2v) is 11.8. The molecule has 1 aliphatic carbocycles. The van der Waals surface area contributed by atoms with Crippen molar-refractivity contribution in [1.82, 2.24) is 29.7 Å². The highest BCUT2D eigenvalue weighted by molar-refractivity contribution is 8.00. The second kappa shape index (κ2) is 8.30. The van der Waals surface area contributed by atoms with Crippen molar-refractivity contribution in [3.8, 4) is 16.9 Å². The van der Waals surface area contributed by atoms with Gasteiger partial charge in [-0.3, -0.25) is 14.0 Å². The summed E-state index contributed by atoms with van der Waals surface area (Å²) in [5, 5.41) is 12.7. The molecule has 0 bridgehead atoms. The summed E-state index contributed by atoms with van der Waals surface area (Å²) in [5.74, 6) is 1.52. The van der Waals surface area contributed by atoms with Crippen LogP contribution in [0.5, 0.6) is 0 Å². The van der Waals surface area contributed by atoms with E-state index in [4.69, 9.17) is 9.72 Å². The third-order valence-electron chi connectivity index (χ3n) is 6.55. The summed E-state index contributed by atoms with van der Waals surface area (Å²) in [5.41, 5.74) is 2.63. The zero-order valence-corrected chi connectivity index (χ0v) is 20.2. The van der Waals surface area contributed by atoms with Gasteiger partial charge in [-0.05, 0) is 53.1 Å². The maximum absolute atomic E-state index is 13.8. The van der Waals surface area contributed by atoms with Crippen LogP contribution in [0, 0.1) is 0 Å². The fourth-order valence-electron chi connectivity index (χ4n) is 4.67. The van der Waals surface area contributed by atoms with Gasteiger partial charge in [-0.2, -0.15) is 14.9 Å². The van der Waals surface area contributed by atoms with Gasteiger partial charge in [0.1, 0.15) is 5.82 Å². The van der Waals surface area contributed by atoms with Gasteiger partial charge in [0.25, 0.3) is 0 Å². The Balaban J connectivity index is 1.57. The summed E-state index contributed by atoms with van der Waals surface area (Å²) >= 11 is 0. The highest BCUT2D eigenvalue weighted by Gasteiger charge is 2.29. The van der Waals surface area contributed by atoms with Crippen LogP contribution in [0.25, 0.3) is 28.0 Å². The van der Waals surface area contributed by atoms with Crippen LogP contribution in [0.2, 0.25) is 0 Å². The van der Waals surface area contributed by atoms with E-state index >= 15 is 0 Å². The average Bonchev–Trinajstić information content (AvgIpc) is 3.30. The van der Waals surface area contributed by atoms with E-state index in [1.165, 1.54) is 0 Å². The molecule has 0 spiro atoms. The number of benzene rings is 1. The van der Waals surface area contributed by atoms with Crippen molar-refractivity contribution in [2.75, 3.05) is 30.9 Å². The average molecular weight is 480 g/mol. The Morgan fingerprint density at radius 1 is 1.18 bits per heavy atom. The number of aromatic nitrogens is 5. The lowest BCUT2D eigenvalue weighted by atomic mass is 10.0. The van der Waals surface area contributed by atoms with Gasteiger partial charge in [0.2, 0.25) is 0 Å². The number of H-pyrrole nitrogens is 1. The molecule has 4 heterocycles. The molecule has 1 atom stereocenters. The Kier molecular flexibility index (Phi) is 5.23. The minimum absolute atomic E-state index is 0.192. The third-order valence-corrected chi connectivity index (χ3v) is 8.72. The predicted octanol–water partition coefficient (Wildman–Crippen LogP) is 2.71. The highest BCUT2D eigenvalue weighted by atomic mass is 32.3. The molecular formula is C24H29N7O2S. The molecule has 4 aromatic rings. The van der Waals surface area contributed by atoms with Gasteiger partial charge >= 0.3 is 0 Å². The molecule has 1 aliphatic heterocycles. The number of anilines is 1. The van der Waals surface area contributed by atoms with Crippen LogP contribution in [-0.4, -0.2) is 67.3 Å². The van der Waals surface area contributed by atoms with E-state index in [9.17, 15) is 4.21 Å². The van der Waals surface area contributed by atoms with E-state index in [-0.39, 0.29) is 6.04 Å². The molecule has 34 heavy (non-hydrogen) atoms. The van der Waals surface area contributed by atoms with E-state index in [0.29, 0.717) is 30.7 Å². The fraction of sp³-hybridized carbons (Fsp3) is 0.375. The first-order valence-corrected chi connectivity index (χ1v) is 13.9. The van der Waals surface area contributed by atoms with Crippen LogP contribution < -0.4 is 9.62 Å². The Bertz CT molecular complexity index is 1380. The minimum Gasteiger partial charge on any atom is -0.377 e. The Hall–Kier alpha value is -3.08. The van der Waals surface area contributed by atoms with Crippen LogP contribution in [0.15, 0.2) is 53.7 Å². The summed E-state index contributed by atoms with van der Waals surface area (Å²) in [7, 11) is -2.77. The van der Waals surface area contributed by atoms with E-state index in [0.717, 1.165) is 46.6 Å². The quantitative estimate of drug-likeness (QED) is 0.368. The molecule has 3 aromatic heterocycles. The molecular weight excluding hydrogens is 450 g/mol. The van der Waals surface area contributed by atoms with Crippen LogP contribution in [0.4, 0.5) is 5.82 Å². The Morgan fingerprint density at radius 3 is 2.79 bits per heavy atom. The number of nitrogens with one attached hydrogen (secondary N) is 2. The third kappa shape index (κ3) is 3.81. The maximum Gasteiger partial charge on any atom is 0.177 e. The number of aromatic amines is 1. The van der Waals surface area contributed by atoms with Crippen molar-refractivity contribution in [3.63, 3.8) is 0 Å². The number of fused-ring (bicyclic) bond motifs is 1. The molecule has 6 rings (SSSR count). The molecule has 2 fully saturated rings. The second-order valence-electron chi connectivity index (χ2n) is 9.22. The van der Waals surface area contributed by atoms with Crippen LogP contribution in [-0.2, 0) is 14.9 Å². The van der Waals surface area contributed by atoms with E-state index in [1.54, 1.807) is 10.9 Å². The van der Waals surface area contributed by atoms with Crippen LogP contribution in [0.3, 0.4) is 0 Å². The molecule has 1 aromatic carbocycles. The van der Waals surface area contributed by atoms with Crippen molar-refractivity contribution >= 4 is 27.0 Å². The number of nitrogens with zero attached hydrogens (tertiary/aromatic N) is 5. The van der Waals surface area contributed by atoms with Gasteiger partial charge in [-0.25, -0.2) is 4.98 Å². The summed E-state index contributed by atoms with van der Waals surface area (Å²) < 4.78 is 24.6. The molecule has 9 nitrogen and oxygen atoms in total. The van der Waals surface area contributed by atoms with Gasteiger partial charge in [0.15, 0.2) is 11.5 Å². The van der Waals surface area contributed by atoms with Crippen molar-refractivity contribution in [3.05, 3.63) is 48.8 Å². The maximum atomic E-state index is 13.8. The summed E-state index contributed by atoms with van der Waals surface area (Å²) in [6, 6.07) is 12.5. The van der Waals surface area contributed by atoms with Crippen molar-refractivity contribution in [2.24, 2.45) is 0 Å².